The van der Waals surface area contributed by atoms with Crippen LogP contribution in [-0.4, -0.2) is 18.1 Å². The summed E-state index contributed by atoms with van der Waals surface area (Å²) in [5.41, 5.74) is 0.948. The van der Waals surface area contributed by atoms with Gasteiger partial charge in [0.15, 0.2) is 0 Å². The lowest BCUT2D eigenvalue weighted by molar-refractivity contribution is 0.615. The maximum Gasteiger partial charge on any atom is 0.141 e. The number of pyridine rings is 1. The molecule has 0 aliphatic carbocycles. The van der Waals surface area contributed by atoms with Crippen LogP contribution in [-0.2, 0) is 6.42 Å². The smallest absolute Gasteiger partial charge is 0.141 e. The van der Waals surface area contributed by atoms with Gasteiger partial charge in [0.05, 0.1) is 6.20 Å². The molecule has 0 unspecified atom stereocenters. The van der Waals surface area contributed by atoms with E-state index >= 15 is 0 Å². The first kappa shape index (κ1) is 10.1. The van der Waals surface area contributed by atoms with Crippen LogP contribution in [0.25, 0.3) is 0 Å². The van der Waals surface area contributed by atoms with Crippen molar-refractivity contribution >= 4 is 0 Å². The second kappa shape index (κ2) is 5.65. The fourth-order valence-electron chi connectivity index (χ4n) is 1.13. The van der Waals surface area contributed by atoms with Gasteiger partial charge in [-0.3, -0.25) is 4.98 Å². The Kier molecular flexibility index (Phi) is 4.40. The molecule has 13 heavy (non-hydrogen) atoms. The summed E-state index contributed by atoms with van der Waals surface area (Å²) in [5.74, 6) is -0.256. The van der Waals surface area contributed by atoms with Crippen LogP contribution in [0.4, 0.5) is 4.39 Å². The fourth-order valence-corrected chi connectivity index (χ4v) is 1.13. The minimum atomic E-state index is -0.256. The highest BCUT2D eigenvalue weighted by molar-refractivity contribution is 5.10. The molecular weight excluding hydrogens is 167 g/mol. The van der Waals surface area contributed by atoms with Gasteiger partial charge in [-0.05, 0) is 37.6 Å². The summed E-state index contributed by atoms with van der Waals surface area (Å²) >= 11 is 0. The molecule has 0 bridgehead atoms. The first-order valence-electron chi connectivity index (χ1n) is 4.63. The zero-order chi connectivity index (χ0) is 9.52. The van der Waals surface area contributed by atoms with Crippen molar-refractivity contribution in [3.8, 4) is 0 Å². The van der Waals surface area contributed by atoms with Crippen LogP contribution in [0.5, 0.6) is 0 Å². The van der Waals surface area contributed by atoms with Crippen LogP contribution in [0.1, 0.15) is 18.9 Å². The van der Waals surface area contributed by atoms with Crippen molar-refractivity contribution < 1.29 is 4.39 Å². The molecule has 0 amide bonds. The number of nitrogens with zero attached hydrogens (tertiary/aromatic N) is 1. The molecule has 1 aromatic heterocycles. The van der Waals surface area contributed by atoms with Crippen molar-refractivity contribution in [1.82, 2.24) is 10.3 Å². The van der Waals surface area contributed by atoms with Gasteiger partial charge >= 0.3 is 0 Å². The molecular formula is C10H15FN2. The number of rotatable bonds is 5. The molecule has 72 valence electrons. The van der Waals surface area contributed by atoms with E-state index in [4.69, 9.17) is 0 Å². The van der Waals surface area contributed by atoms with Crippen LogP contribution < -0.4 is 5.32 Å². The van der Waals surface area contributed by atoms with Crippen LogP contribution >= 0.6 is 0 Å². The molecule has 0 spiro atoms. The van der Waals surface area contributed by atoms with Gasteiger partial charge < -0.3 is 5.32 Å². The largest absolute Gasteiger partial charge is 0.316 e. The average Bonchev–Trinajstić information content (AvgIpc) is 2.13. The lowest BCUT2D eigenvalue weighted by atomic mass is 10.2. The third-order valence-corrected chi connectivity index (χ3v) is 1.78. The zero-order valence-corrected chi connectivity index (χ0v) is 7.89. The van der Waals surface area contributed by atoms with E-state index in [2.05, 4.69) is 17.2 Å². The number of halogens is 1. The van der Waals surface area contributed by atoms with Gasteiger partial charge in [-0.2, -0.15) is 0 Å². The minimum Gasteiger partial charge on any atom is -0.316 e. The molecule has 1 N–H and O–H groups in total. The molecule has 0 aromatic carbocycles. The van der Waals surface area contributed by atoms with E-state index in [-0.39, 0.29) is 5.82 Å². The molecule has 0 saturated heterocycles. The molecule has 0 aliphatic rings. The third kappa shape index (κ3) is 3.99. The molecule has 0 saturated carbocycles. The third-order valence-electron chi connectivity index (χ3n) is 1.78. The number of hydrogen-bond acceptors (Lipinski definition) is 2. The minimum absolute atomic E-state index is 0.256. The summed E-state index contributed by atoms with van der Waals surface area (Å²) < 4.78 is 12.7. The normalized spacial score (nSPS) is 10.3. The Hall–Kier alpha value is -0.960. The quantitative estimate of drug-likeness (QED) is 0.702. The standard InChI is InChI=1S/C10H15FN2/c1-2-4-12-5-3-9-6-10(11)8-13-7-9/h6-8,12H,2-5H2,1H3. The van der Waals surface area contributed by atoms with Crippen LogP contribution in [0.15, 0.2) is 18.5 Å². The maximum atomic E-state index is 12.7. The van der Waals surface area contributed by atoms with Gasteiger partial charge in [-0.15, -0.1) is 0 Å². The van der Waals surface area contributed by atoms with E-state index in [1.54, 1.807) is 6.20 Å². The Labute approximate surface area is 78.2 Å². The van der Waals surface area contributed by atoms with Crippen LogP contribution in [0.2, 0.25) is 0 Å². The van der Waals surface area contributed by atoms with Gasteiger partial charge in [0.1, 0.15) is 5.82 Å². The summed E-state index contributed by atoms with van der Waals surface area (Å²) in [6.45, 7) is 4.03. The predicted octanol–water partition coefficient (Wildman–Crippen LogP) is 1.76. The van der Waals surface area contributed by atoms with Gasteiger partial charge in [0, 0.05) is 6.20 Å². The summed E-state index contributed by atoms with van der Waals surface area (Å²) in [4.78, 5) is 3.78. The Morgan fingerprint density at radius 3 is 2.92 bits per heavy atom. The number of hydrogen-bond donors (Lipinski definition) is 1. The highest BCUT2D eigenvalue weighted by atomic mass is 19.1. The van der Waals surface area contributed by atoms with E-state index in [0.29, 0.717) is 0 Å². The summed E-state index contributed by atoms with van der Waals surface area (Å²) in [5, 5.41) is 3.25. The van der Waals surface area contributed by atoms with Gasteiger partial charge in [-0.25, -0.2) is 4.39 Å². The van der Waals surface area contributed by atoms with Crippen molar-refractivity contribution in [1.29, 1.82) is 0 Å². The average molecular weight is 182 g/mol. The predicted molar refractivity (Wildman–Crippen MR) is 51.1 cm³/mol. The molecule has 1 rings (SSSR count). The van der Waals surface area contributed by atoms with Gasteiger partial charge in [0.2, 0.25) is 0 Å². The van der Waals surface area contributed by atoms with Crippen molar-refractivity contribution in [3.63, 3.8) is 0 Å². The SMILES string of the molecule is CCCNCCc1cncc(F)c1. The first-order valence-corrected chi connectivity index (χ1v) is 4.63. The Morgan fingerprint density at radius 1 is 1.38 bits per heavy atom. The van der Waals surface area contributed by atoms with E-state index in [9.17, 15) is 4.39 Å². The monoisotopic (exact) mass is 182 g/mol. The molecule has 3 heteroatoms. The second-order valence-electron chi connectivity index (χ2n) is 3.01. The second-order valence-corrected chi connectivity index (χ2v) is 3.01. The highest BCUT2D eigenvalue weighted by Crippen LogP contribution is 2.00. The van der Waals surface area contributed by atoms with E-state index < -0.39 is 0 Å². The van der Waals surface area contributed by atoms with Crippen molar-refractivity contribution in [2.75, 3.05) is 13.1 Å². The van der Waals surface area contributed by atoms with Crippen molar-refractivity contribution in [3.05, 3.63) is 29.8 Å². The molecule has 1 heterocycles. The molecule has 0 radical (unpaired) electrons. The van der Waals surface area contributed by atoms with Crippen LogP contribution in [0, 0.1) is 5.82 Å². The van der Waals surface area contributed by atoms with Gasteiger partial charge in [0.25, 0.3) is 0 Å². The lowest BCUT2D eigenvalue weighted by Gasteiger charge is -2.02. The Bertz CT molecular complexity index is 250. The van der Waals surface area contributed by atoms with E-state index in [0.717, 1.165) is 31.5 Å². The number of nitrogens with one attached hydrogen (secondary N) is 1. The summed E-state index contributed by atoms with van der Waals surface area (Å²) in [6, 6.07) is 1.53. The molecule has 0 aliphatic heterocycles. The van der Waals surface area contributed by atoms with Gasteiger partial charge in [-0.1, -0.05) is 6.92 Å². The summed E-state index contributed by atoms with van der Waals surface area (Å²) in [7, 11) is 0. The number of aromatic nitrogens is 1. The fraction of sp³-hybridized carbons (Fsp3) is 0.500. The molecule has 1 aromatic rings. The van der Waals surface area contributed by atoms with Crippen LogP contribution in [0.3, 0.4) is 0 Å². The first-order chi connectivity index (χ1) is 6.33. The lowest BCUT2D eigenvalue weighted by Crippen LogP contribution is -2.17. The van der Waals surface area contributed by atoms with E-state index in [1.807, 2.05) is 0 Å². The molecule has 2 nitrogen and oxygen atoms in total. The summed E-state index contributed by atoms with van der Waals surface area (Å²) in [6.07, 6.45) is 4.89. The maximum absolute atomic E-state index is 12.7. The van der Waals surface area contributed by atoms with Crippen molar-refractivity contribution in [2.45, 2.75) is 19.8 Å². The Morgan fingerprint density at radius 2 is 2.23 bits per heavy atom. The van der Waals surface area contributed by atoms with E-state index in [1.165, 1.54) is 12.3 Å². The highest BCUT2D eigenvalue weighted by Gasteiger charge is 1.95. The Balaban J connectivity index is 2.28. The zero-order valence-electron chi connectivity index (χ0n) is 7.89. The molecule has 0 atom stereocenters. The van der Waals surface area contributed by atoms with Crippen molar-refractivity contribution in [2.24, 2.45) is 0 Å². The molecule has 0 fully saturated rings. The topological polar surface area (TPSA) is 24.9 Å².